The molecule has 9 heteroatoms. The summed E-state index contributed by atoms with van der Waals surface area (Å²) in [5.74, 6) is 0. The van der Waals surface area contributed by atoms with Crippen LogP contribution < -0.4 is 11.0 Å². The Hall–Kier alpha value is -2.98. The van der Waals surface area contributed by atoms with E-state index in [4.69, 9.17) is 9.31 Å². The van der Waals surface area contributed by atoms with Gasteiger partial charge in [-0.2, -0.15) is 5.10 Å². The molecule has 1 N–H and O–H groups in total. The van der Waals surface area contributed by atoms with Crippen molar-refractivity contribution in [3.8, 4) is 10.4 Å². The highest BCUT2D eigenvalue weighted by atomic mass is 79.9. The van der Waals surface area contributed by atoms with Crippen LogP contribution in [0.5, 0.6) is 0 Å². The predicted molar refractivity (Wildman–Crippen MR) is 159 cm³/mol. The molecule has 1 aliphatic rings. The Balaban J connectivity index is 0.000000156. The van der Waals surface area contributed by atoms with Gasteiger partial charge in [-0.1, -0.05) is 42.5 Å². The van der Waals surface area contributed by atoms with Crippen molar-refractivity contribution in [3.63, 3.8) is 0 Å². The molecule has 6 nitrogen and oxygen atoms in total. The van der Waals surface area contributed by atoms with Crippen LogP contribution in [-0.4, -0.2) is 33.1 Å². The molecular weight excluding hydrogens is 561 g/mol. The minimum atomic E-state index is -0.317. The molecule has 0 bridgehead atoms. The van der Waals surface area contributed by atoms with Crippen molar-refractivity contribution in [2.24, 2.45) is 0 Å². The average molecular weight is 590 g/mol. The summed E-state index contributed by atoms with van der Waals surface area (Å²) >= 11 is 5.12. The van der Waals surface area contributed by atoms with Crippen LogP contribution in [0.15, 0.2) is 93.8 Å². The van der Waals surface area contributed by atoms with Crippen molar-refractivity contribution >= 4 is 50.8 Å². The van der Waals surface area contributed by atoms with Crippen molar-refractivity contribution in [1.29, 1.82) is 0 Å². The van der Waals surface area contributed by atoms with Crippen molar-refractivity contribution in [1.82, 2.24) is 14.8 Å². The van der Waals surface area contributed by atoms with Gasteiger partial charge >= 0.3 is 7.12 Å². The molecule has 0 radical (unpaired) electrons. The fourth-order valence-electron chi connectivity index (χ4n) is 4.22. The van der Waals surface area contributed by atoms with Crippen LogP contribution in [-0.2, 0) is 15.9 Å². The molecule has 0 aliphatic carbocycles. The smallest absolute Gasteiger partial charge is 0.399 e. The van der Waals surface area contributed by atoms with E-state index in [-0.39, 0.29) is 23.9 Å². The minimum Gasteiger partial charge on any atom is -0.399 e. The number of halogens is 1. The zero-order chi connectivity index (χ0) is 26.9. The number of hydrogen-bond acceptors (Lipinski definition) is 5. The van der Waals surface area contributed by atoms with E-state index in [1.165, 1.54) is 10.4 Å². The van der Waals surface area contributed by atoms with Gasteiger partial charge in [-0.25, -0.2) is 0 Å². The van der Waals surface area contributed by atoms with E-state index in [2.05, 4.69) is 77.4 Å². The fourth-order valence-corrected chi connectivity index (χ4v) is 5.39. The molecule has 1 aliphatic heterocycles. The molecule has 1 saturated heterocycles. The summed E-state index contributed by atoms with van der Waals surface area (Å²) < 4.78 is 14.7. The quantitative estimate of drug-likeness (QED) is 0.252. The third-order valence-corrected chi connectivity index (χ3v) is 8.46. The summed E-state index contributed by atoms with van der Waals surface area (Å²) in [6.07, 6.45) is 3.64. The van der Waals surface area contributed by atoms with Gasteiger partial charge in [0.1, 0.15) is 0 Å². The number of hydrogen-bond donors (Lipinski definition) is 1. The van der Waals surface area contributed by atoms with E-state index < -0.39 is 0 Å². The third kappa shape index (κ3) is 5.56. The van der Waals surface area contributed by atoms with E-state index in [0.29, 0.717) is 6.54 Å². The maximum absolute atomic E-state index is 11.9. The first kappa shape index (κ1) is 26.6. The van der Waals surface area contributed by atoms with E-state index >= 15 is 0 Å². The lowest BCUT2D eigenvalue weighted by Gasteiger charge is -2.32. The van der Waals surface area contributed by atoms with Gasteiger partial charge in [0.25, 0.3) is 5.56 Å². The van der Waals surface area contributed by atoms with Crippen molar-refractivity contribution in [3.05, 3.63) is 105 Å². The minimum absolute atomic E-state index is 0.00850. The van der Waals surface area contributed by atoms with Gasteiger partial charge in [0.15, 0.2) is 0 Å². The van der Waals surface area contributed by atoms with Gasteiger partial charge in [-0.3, -0.25) is 9.89 Å². The molecule has 3 aromatic heterocycles. The number of nitrogens with one attached hydrogen (secondary N) is 1. The molecule has 2 aromatic carbocycles. The van der Waals surface area contributed by atoms with Gasteiger partial charge < -0.3 is 13.9 Å². The largest absolute Gasteiger partial charge is 0.494 e. The van der Waals surface area contributed by atoms with Crippen LogP contribution in [0.4, 0.5) is 0 Å². The summed E-state index contributed by atoms with van der Waals surface area (Å²) in [7, 11) is -0.317. The number of fused-ring (bicyclic) bond motifs is 1. The predicted octanol–water partition coefficient (Wildman–Crippen LogP) is 6.25. The zero-order valence-electron chi connectivity index (χ0n) is 21.8. The molecule has 6 rings (SSSR count). The molecule has 0 saturated carbocycles. The second-order valence-electron chi connectivity index (χ2n) is 10.3. The number of rotatable bonds is 4. The SMILES string of the molecule is CC1(C)OB(c2ccc3cn[nH]c3c2)OC1(C)C.O=c1ccc(Br)cn1Cc1ccccc1-c1cccs1. The lowest BCUT2D eigenvalue weighted by molar-refractivity contribution is 0.00578. The molecule has 38 heavy (non-hydrogen) atoms. The molecule has 194 valence electrons. The van der Waals surface area contributed by atoms with E-state index in [1.807, 2.05) is 48.8 Å². The van der Waals surface area contributed by atoms with Gasteiger partial charge in [-0.15, -0.1) is 11.3 Å². The summed E-state index contributed by atoms with van der Waals surface area (Å²) in [6.45, 7) is 8.80. The molecule has 0 spiro atoms. The number of pyridine rings is 1. The number of benzene rings is 2. The monoisotopic (exact) mass is 589 g/mol. The number of nitrogens with zero attached hydrogens (tertiary/aromatic N) is 2. The number of aromatic amines is 1. The highest BCUT2D eigenvalue weighted by Gasteiger charge is 2.51. The van der Waals surface area contributed by atoms with Crippen LogP contribution in [0.3, 0.4) is 0 Å². The summed E-state index contributed by atoms with van der Waals surface area (Å²) in [5.41, 5.74) is 3.76. The Morgan fingerprint density at radius 1 is 1.00 bits per heavy atom. The maximum Gasteiger partial charge on any atom is 0.494 e. The molecule has 0 amide bonds. The van der Waals surface area contributed by atoms with E-state index in [0.717, 1.165) is 26.4 Å². The third-order valence-electron chi connectivity index (χ3n) is 7.08. The molecule has 1 fully saturated rings. The van der Waals surface area contributed by atoms with Gasteiger partial charge in [-0.05, 0) is 83.8 Å². The van der Waals surface area contributed by atoms with Crippen LogP contribution in [0.25, 0.3) is 21.3 Å². The van der Waals surface area contributed by atoms with Crippen LogP contribution >= 0.6 is 27.3 Å². The highest BCUT2D eigenvalue weighted by molar-refractivity contribution is 9.10. The topological polar surface area (TPSA) is 69.1 Å². The van der Waals surface area contributed by atoms with Crippen LogP contribution in [0.1, 0.15) is 33.3 Å². The first-order chi connectivity index (χ1) is 18.1. The van der Waals surface area contributed by atoms with Crippen LogP contribution in [0.2, 0.25) is 0 Å². The van der Waals surface area contributed by atoms with Crippen molar-refractivity contribution in [2.45, 2.75) is 45.4 Å². The molecule has 4 heterocycles. The highest BCUT2D eigenvalue weighted by Crippen LogP contribution is 2.36. The van der Waals surface area contributed by atoms with E-state index in [1.54, 1.807) is 28.0 Å². The molecule has 0 atom stereocenters. The Labute approximate surface area is 234 Å². The lowest BCUT2D eigenvalue weighted by atomic mass is 9.79. The second kappa shape index (κ2) is 10.7. The first-order valence-electron chi connectivity index (χ1n) is 12.4. The lowest BCUT2D eigenvalue weighted by Crippen LogP contribution is -2.41. The fraction of sp³-hybridized carbons (Fsp3) is 0.241. The van der Waals surface area contributed by atoms with E-state index in [9.17, 15) is 4.79 Å². The van der Waals surface area contributed by atoms with Crippen LogP contribution in [0, 0.1) is 0 Å². The summed E-state index contributed by atoms with van der Waals surface area (Å²) in [4.78, 5) is 13.1. The molecular formula is C29H29BBrN3O3S. The zero-order valence-corrected chi connectivity index (χ0v) is 24.2. The van der Waals surface area contributed by atoms with Gasteiger partial charge in [0.2, 0.25) is 0 Å². The number of thiophene rings is 1. The average Bonchev–Trinajstić information content (AvgIpc) is 3.62. The van der Waals surface area contributed by atoms with Crippen molar-refractivity contribution < 1.29 is 9.31 Å². The number of aromatic nitrogens is 3. The Morgan fingerprint density at radius 3 is 2.50 bits per heavy atom. The summed E-state index contributed by atoms with van der Waals surface area (Å²) in [6, 6.07) is 21.8. The second-order valence-corrected chi connectivity index (χ2v) is 12.1. The van der Waals surface area contributed by atoms with Gasteiger partial charge in [0.05, 0.1) is 29.5 Å². The normalized spacial score (nSPS) is 15.9. The maximum atomic E-state index is 11.9. The standard InChI is InChI=1S/C16H12BrNOS.C13H17BN2O2/c17-13-7-8-16(19)18(11-13)10-12-4-1-2-5-14(12)15-6-3-9-20-15;1-12(2)13(3,4)18-14(17-12)10-6-5-9-8-15-16-11(9)7-10/h1-9,11H,10H2;5-8H,1-4H3,(H,15,16). The molecule has 0 unspecified atom stereocenters. The van der Waals surface area contributed by atoms with Gasteiger partial charge in [0, 0.05) is 27.0 Å². The number of H-pyrrole nitrogens is 1. The Morgan fingerprint density at radius 2 is 1.76 bits per heavy atom. The van der Waals surface area contributed by atoms with Crippen molar-refractivity contribution in [2.75, 3.05) is 0 Å². The molecule has 5 aromatic rings. The Kier molecular flexibility index (Phi) is 7.46. The Bertz CT molecular complexity index is 1590. The summed E-state index contributed by atoms with van der Waals surface area (Å²) in [5, 5.41) is 10.1. The first-order valence-corrected chi connectivity index (χ1v) is 14.1.